The van der Waals surface area contributed by atoms with Crippen molar-refractivity contribution in [2.75, 3.05) is 0 Å². The molecule has 4 nitrogen and oxygen atoms in total. The Morgan fingerprint density at radius 2 is 2.19 bits per heavy atom. The van der Waals surface area contributed by atoms with Crippen molar-refractivity contribution in [2.45, 2.75) is 44.3 Å². The summed E-state index contributed by atoms with van der Waals surface area (Å²) in [4.78, 5) is 0. The number of halogens is 1. The van der Waals surface area contributed by atoms with Gasteiger partial charge < -0.3 is 4.52 Å². The van der Waals surface area contributed by atoms with Crippen molar-refractivity contribution in [3.8, 4) is 0 Å². The Hall–Kier alpha value is -0.550. The van der Waals surface area contributed by atoms with Gasteiger partial charge in [0.15, 0.2) is 0 Å². The number of aromatic nitrogens is 1. The van der Waals surface area contributed by atoms with Crippen molar-refractivity contribution < 1.29 is 12.9 Å². The molecule has 0 aromatic carbocycles. The molecule has 1 aromatic heterocycles. The van der Waals surface area contributed by atoms with Crippen LogP contribution in [-0.4, -0.2) is 13.6 Å². The van der Waals surface area contributed by atoms with Crippen LogP contribution in [0.25, 0.3) is 0 Å². The quantitative estimate of drug-likeness (QED) is 0.784. The van der Waals surface area contributed by atoms with Gasteiger partial charge in [-0.15, -0.1) is 0 Å². The van der Waals surface area contributed by atoms with Crippen LogP contribution in [0.5, 0.6) is 0 Å². The van der Waals surface area contributed by atoms with E-state index in [4.69, 9.17) is 15.2 Å². The summed E-state index contributed by atoms with van der Waals surface area (Å²) in [5, 5.41) is 3.84. The highest BCUT2D eigenvalue weighted by Crippen LogP contribution is 2.39. The maximum absolute atomic E-state index is 11.0. The third-order valence-electron chi connectivity index (χ3n) is 3.04. The third kappa shape index (κ3) is 2.40. The van der Waals surface area contributed by atoms with E-state index >= 15 is 0 Å². The van der Waals surface area contributed by atoms with Crippen LogP contribution in [0.15, 0.2) is 4.52 Å². The monoisotopic (exact) mass is 263 g/mol. The van der Waals surface area contributed by atoms with Gasteiger partial charge in [0.05, 0.1) is 0 Å². The molecule has 1 aromatic rings. The van der Waals surface area contributed by atoms with Gasteiger partial charge in [0, 0.05) is 22.2 Å². The Balaban J connectivity index is 2.28. The van der Waals surface area contributed by atoms with Crippen LogP contribution in [0.4, 0.5) is 0 Å². The van der Waals surface area contributed by atoms with Crippen LogP contribution in [0, 0.1) is 0 Å². The fourth-order valence-electron chi connectivity index (χ4n) is 2.00. The zero-order valence-electron chi connectivity index (χ0n) is 9.07. The first-order chi connectivity index (χ1) is 7.51. The van der Waals surface area contributed by atoms with E-state index in [9.17, 15) is 8.42 Å². The van der Waals surface area contributed by atoms with Crippen LogP contribution < -0.4 is 0 Å². The summed E-state index contributed by atoms with van der Waals surface area (Å²) in [6.07, 6.45) is 4.15. The fraction of sp³-hybridized carbons (Fsp3) is 0.700. The highest BCUT2D eigenvalue weighted by molar-refractivity contribution is 8.13. The number of hydrogen-bond donors (Lipinski definition) is 0. The van der Waals surface area contributed by atoms with Gasteiger partial charge in [0.1, 0.15) is 17.2 Å². The lowest BCUT2D eigenvalue weighted by atomic mass is 9.81. The molecule has 0 radical (unpaired) electrons. The highest BCUT2D eigenvalue weighted by atomic mass is 35.7. The average Bonchev–Trinajstić information content (AvgIpc) is 2.42. The lowest BCUT2D eigenvalue weighted by Crippen LogP contribution is -2.10. The maximum Gasteiger partial charge on any atom is 0.238 e. The molecule has 0 spiro atoms. The number of hydrogen-bond acceptors (Lipinski definition) is 4. The lowest BCUT2D eigenvalue weighted by molar-refractivity contribution is 0.297. The zero-order valence-corrected chi connectivity index (χ0v) is 10.6. The Labute approximate surface area is 99.4 Å². The zero-order chi connectivity index (χ0) is 11.8. The molecule has 1 aliphatic carbocycles. The first-order valence-corrected chi connectivity index (χ1v) is 7.88. The molecule has 0 N–H and O–H groups in total. The minimum atomic E-state index is -3.56. The molecule has 0 bridgehead atoms. The lowest BCUT2D eigenvalue weighted by Gasteiger charge is -2.23. The first kappa shape index (κ1) is 11.9. The number of nitrogens with zero attached hydrogens (tertiary/aromatic N) is 1. The SMILES string of the molecule is CCc1c(CS(=O)(=O)Cl)noc1C1CCC1. The van der Waals surface area contributed by atoms with Crippen molar-refractivity contribution in [3.05, 3.63) is 17.0 Å². The van der Waals surface area contributed by atoms with Crippen molar-refractivity contribution in [1.82, 2.24) is 5.16 Å². The van der Waals surface area contributed by atoms with Crippen LogP contribution >= 0.6 is 10.7 Å². The Morgan fingerprint density at radius 3 is 2.62 bits per heavy atom. The predicted octanol–water partition coefficient (Wildman–Crippen LogP) is 2.57. The summed E-state index contributed by atoms with van der Waals surface area (Å²) in [5.74, 6) is 1.05. The van der Waals surface area contributed by atoms with E-state index in [1.807, 2.05) is 6.92 Å². The van der Waals surface area contributed by atoms with E-state index in [1.54, 1.807) is 0 Å². The molecule has 90 valence electrons. The molecule has 1 heterocycles. The van der Waals surface area contributed by atoms with Gasteiger partial charge in [0.25, 0.3) is 0 Å². The minimum Gasteiger partial charge on any atom is -0.361 e. The number of rotatable bonds is 4. The summed E-state index contributed by atoms with van der Waals surface area (Å²) in [6, 6.07) is 0. The molecule has 1 fully saturated rings. The normalized spacial score (nSPS) is 17.4. The van der Waals surface area contributed by atoms with Gasteiger partial charge in [-0.25, -0.2) is 8.42 Å². The molecule has 0 saturated heterocycles. The van der Waals surface area contributed by atoms with Gasteiger partial charge in [-0.2, -0.15) is 0 Å². The van der Waals surface area contributed by atoms with E-state index in [0.717, 1.165) is 30.6 Å². The maximum atomic E-state index is 11.0. The Bertz CT molecular complexity index is 476. The first-order valence-electron chi connectivity index (χ1n) is 5.41. The van der Waals surface area contributed by atoms with E-state index in [2.05, 4.69) is 5.16 Å². The molecule has 0 amide bonds. The smallest absolute Gasteiger partial charge is 0.238 e. The minimum absolute atomic E-state index is 0.242. The summed E-state index contributed by atoms with van der Waals surface area (Å²) in [5.41, 5.74) is 1.40. The van der Waals surface area contributed by atoms with Crippen LogP contribution in [-0.2, 0) is 21.2 Å². The summed E-state index contributed by atoms with van der Waals surface area (Å²) < 4.78 is 27.3. The second-order valence-electron chi connectivity index (χ2n) is 4.14. The van der Waals surface area contributed by atoms with E-state index < -0.39 is 9.05 Å². The van der Waals surface area contributed by atoms with Gasteiger partial charge in [-0.3, -0.25) is 0 Å². The topological polar surface area (TPSA) is 60.2 Å². The molecular weight excluding hydrogens is 250 g/mol. The second kappa shape index (κ2) is 4.37. The van der Waals surface area contributed by atoms with Crippen molar-refractivity contribution in [3.63, 3.8) is 0 Å². The molecule has 1 saturated carbocycles. The molecule has 0 atom stereocenters. The van der Waals surface area contributed by atoms with Gasteiger partial charge in [-0.1, -0.05) is 18.5 Å². The highest BCUT2D eigenvalue weighted by Gasteiger charge is 2.28. The predicted molar refractivity (Wildman–Crippen MR) is 60.9 cm³/mol. The molecule has 6 heteroatoms. The van der Waals surface area contributed by atoms with Crippen molar-refractivity contribution in [1.29, 1.82) is 0 Å². The summed E-state index contributed by atoms with van der Waals surface area (Å²) >= 11 is 0. The van der Waals surface area contributed by atoms with E-state index in [0.29, 0.717) is 11.6 Å². The van der Waals surface area contributed by atoms with Crippen molar-refractivity contribution >= 4 is 19.7 Å². The van der Waals surface area contributed by atoms with Crippen LogP contribution in [0.2, 0.25) is 0 Å². The fourth-order valence-corrected chi connectivity index (χ4v) is 2.87. The largest absolute Gasteiger partial charge is 0.361 e. The van der Waals surface area contributed by atoms with Crippen LogP contribution in [0.3, 0.4) is 0 Å². The van der Waals surface area contributed by atoms with Crippen molar-refractivity contribution in [2.24, 2.45) is 0 Å². The van der Waals surface area contributed by atoms with Gasteiger partial charge in [0.2, 0.25) is 9.05 Å². The van der Waals surface area contributed by atoms with Crippen LogP contribution in [0.1, 0.15) is 49.1 Å². The standard InChI is InChI=1S/C10H14ClNO3S/c1-2-8-9(6-16(11,13)14)12-15-10(8)7-4-3-5-7/h7H,2-6H2,1H3. The molecular formula is C10H14ClNO3S. The molecule has 0 aliphatic heterocycles. The van der Waals surface area contributed by atoms with Gasteiger partial charge in [-0.05, 0) is 19.3 Å². The van der Waals surface area contributed by atoms with Gasteiger partial charge >= 0.3 is 0 Å². The third-order valence-corrected chi connectivity index (χ3v) is 3.98. The molecule has 0 unspecified atom stereocenters. The van der Waals surface area contributed by atoms with E-state index in [1.165, 1.54) is 6.42 Å². The summed E-state index contributed by atoms with van der Waals surface area (Å²) in [7, 11) is 1.66. The average molecular weight is 264 g/mol. The second-order valence-corrected chi connectivity index (χ2v) is 6.91. The molecule has 1 aliphatic rings. The Kier molecular flexibility index (Phi) is 3.26. The van der Waals surface area contributed by atoms with E-state index in [-0.39, 0.29) is 5.75 Å². The Morgan fingerprint density at radius 1 is 1.50 bits per heavy atom. The molecule has 16 heavy (non-hydrogen) atoms. The summed E-state index contributed by atoms with van der Waals surface area (Å²) in [6.45, 7) is 1.97. The molecule has 2 rings (SSSR count).